The van der Waals surface area contributed by atoms with Gasteiger partial charge in [0, 0.05) is 18.5 Å². The molecule has 1 rings (SSSR count). The van der Waals surface area contributed by atoms with Crippen molar-refractivity contribution in [3.8, 4) is 0 Å². The van der Waals surface area contributed by atoms with Gasteiger partial charge in [-0.1, -0.05) is 77.3 Å². The minimum absolute atomic E-state index is 0.0593. The molecule has 1 aromatic rings. The minimum atomic E-state index is -0.195. The van der Waals surface area contributed by atoms with Crippen LogP contribution in [0.2, 0.25) is 0 Å². The normalized spacial score (nSPS) is 10.6. The van der Waals surface area contributed by atoms with E-state index in [0.717, 1.165) is 24.9 Å². The molecule has 1 amide bonds. The second-order valence-electron chi connectivity index (χ2n) is 7.50. The zero-order valence-corrected chi connectivity index (χ0v) is 17.9. The molecule has 0 aromatic heterocycles. The highest BCUT2D eigenvalue weighted by molar-refractivity contribution is 5.90. The van der Waals surface area contributed by atoms with Crippen molar-refractivity contribution in [2.75, 3.05) is 11.9 Å². The molecular weight excluding hydrogens is 350 g/mol. The number of esters is 1. The number of amides is 1. The lowest BCUT2D eigenvalue weighted by Gasteiger charge is -2.07. The maximum atomic E-state index is 11.9. The molecule has 0 saturated heterocycles. The lowest BCUT2D eigenvalue weighted by Crippen LogP contribution is -2.12. The second kappa shape index (κ2) is 16.1. The lowest BCUT2D eigenvalue weighted by molar-refractivity contribution is -0.143. The first-order chi connectivity index (χ1) is 13.7. The summed E-state index contributed by atoms with van der Waals surface area (Å²) in [7, 11) is 0. The molecular formula is C24H39NO3. The van der Waals surface area contributed by atoms with Gasteiger partial charge in [0.1, 0.15) is 0 Å². The smallest absolute Gasteiger partial charge is 0.305 e. The van der Waals surface area contributed by atoms with E-state index in [1.54, 1.807) is 0 Å². The van der Waals surface area contributed by atoms with Gasteiger partial charge in [0.05, 0.1) is 6.61 Å². The monoisotopic (exact) mass is 389 g/mol. The molecule has 158 valence electrons. The Balaban J connectivity index is 1.96. The number of hydrogen-bond acceptors (Lipinski definition) is 3. The summed E-state index contributed by atoms with van der Waals surface area (Å²) in [6.07, 6.45) is 13.4. The number of aryl methyl sites for hydroxylation is 1. The fourth-order valence-corrected chi connectivity index (χ4v) is 3.11. The summed E-state index contributed by atoms with van der Waals surface area (Å²) in [5, 5.41) is 2.86. The third-order valence-electron chi connectivity index (χ3n) is 4.94. The van der Waals surface area contributed by atoms with Crippen LogP contribution in [0.1, 0.15) is 96.5 Å². The number of ether oxygens (including phenoxy) is 1. The maximum Gasteiger partial charge on any atom is 0.305 e. The van der Waals surface area contributed by atoms with Crippen LogP contribution in [-0.4, -0.2) is 18.5 Å². The van der Waals surface area contributed by atoms with Crippen molar-refractivity contribution in [1.29, 1.82) is 0 Å². The molecule has 4 heteroatoms. The number of anilines is 1. The lowest BCUT2D eigenvalue weighted by atomic mass is 10.1. The van der Waals surface area contributed by atoms with Crippen molar-refractivity contribution >= 4 is 17.6 Å². The molecule has 0 aliphatic heterocycles. The summed E-state index contributed by atoms with van der Waals surface area (Å²) < 4.78 is 5.26. The quantitative estimate of drug-likeness (QED) is 0.262. The van der Waals surface area contributed by atoms with E-state index >= 15 is 0 Å². The molecule has 0 saturated carbocycles. The summed E-state index contributed by atoms with van der Waals surface area (Å²) in [6.45, 7) is 4.84. The van der Waals surface area contributed by atoms with Crippen LogP contribution in [0, 0.1) is 0 Å². The van der Waals surface area contributed by atoms with Crippen molar-refractivity contribution in [1.82, 2.24) is 0 Å². The van der Waals surface area contributed by atoms with Gasteiger partial charge in [-0.05, 0) is 37.0 Å². The molecule has 0 heterocycles. The Hall–Kier alpha value is -1.84. The van der Waals surface area contributed by atoms with Gasteiger partial charge in [0.15, 0.2) is 0 Å². The highest BCUT2D eigenvalue weighted by Crippen LogP contribution is 2.12. The molecule has 0 bridgehead atoms. The predicted octanol–water partition coefficient (Wildman–Crippen LogP) is 6.43. The zero-order valence-electron chi connectivity index (χ0n) is 17.9. The molecule has 0 radical (unpaired) electrons. The molecule has 0 atom stereocenters. The van der Waals surface area contributed by atoms with Gasteiger partial charge in [-0.3, -0.25) is 9.59 Å². The van der Waals surface area contributed by atoms with Gasteiger partial charge in [-0.2, -0.15) is 0 Å². The molecule has 28 heavy (non-hydrogen) atoms. The number of unbranched alkanes of at least 4 members (excludes halogenated alkanes) is 8. The van der Waals surface area contributed by atoms with E-state index in [1.807, 2.05) is 24.3 Å². The summed E-state index contributed by atoms with van der Waals surface area (Å²) in [6, 6.07) is 7.85. The van der Waals surface area contributed by atoms with E-state index in [1.165, 1.54) is 50.5 Å². The number of rotatable bonds is 16. The summed E-state index contributed by atoms with van der Waals surface area (Å²) in [5.74, 6) is -0.254. The maximum absolute atomic E-state index is 11.9. The number of carbonyl (C=O) groups is 2. The van der Waals surface area contributed by atoms with Crippen molar-refractivity contribution in [2.24, 2.45) is 0 Å². The first kappa shape index (κ1) is 24.2. The molecule has 0 spiro atoms. The minimum Gasteiger partial charge on any atom is -0.466 e. The van der Waals surface area contributed by atoms with Crippen LogP contribution >= 0.6 is 0 Å². The summed E-state index contributed by atoms with van der Waals surface area (Å²) >= 11 is 0. The molecule has 0 fully saturated rings. The van der Waals surface area contributed by atoms with E-state index in [0.29, 0.717) is 25.9 Å². The molecule has 0 aliphatic carbocycles. The van der Waals surface area contributed by atoms with Crippen LogP contribution < -0.4 is 5.32 Å². The third-order valence-corrected chi connectivity index (χ3v) is 4.94. The Bertz CT molecular complexity index is 539. The first-order valence-electron chi connectivity index (χ1n) is 11.2. The fraction of sp³-hybridized carbons (Fsp3) is 0.667. The molecule has 1 N–H and O–H groups in total. The Morgan fingerprint density at radius 3 is 2.00 bits per heavy atom. The number of carbonyl (C=O) groups excluding carboxylic acids is 2. The Morgan fingerprint density at radius 1 is 0.786 bits per heavy atom. The largest absolute Gasteiger partial charge is 0.466 e. The third kappa shape index (κ3) is 12.5. The Labute approximate surface area is 171 Å². The van der Waals surface area contributed by atoms with E-state index < -0.39 is 0 Å². The van der Waals surface area contributed by atoms with Crippen LogP contribution in [0.5, 0.6) is 0 Å². The number of nitrogens with one attached hydrogen (secondary N) is 1. The molecule has 1 aromatic carbocycles. The standard InChI is InChI=1S/C24H39NO3/c1-3-5-6-7-8-9-10-11-12-20-28-24(27)15-13-14-23(26)25-22-18-16-21(4-2)17-19-22/h16-19H,3-15,20H2,1-2H3,(H,25,26). The highest BCUT2D eigenvalue weighted by atomic mass is 16.5. The predicted molar refractivity (Wildman–Crippen MR) is 116 cm³/mol. The van der Waals surface area contributed by atoms with Crippen LogP contribution in [0.3, 0.4) is 0 Å². The SMILES string of the molecule is CCCCCCCCCCCOC(=O)CCCC(=O)Nc1ccc(CC)cc1. The van der Waals surface area contributed by atoms with E-state index in [4.69, 9.17) is 4.74 Å². The van der Waals surface area contributed by atoms with Gasteiger partial charge in [-0.15, -0.1) is 0 Å². The van der Waals surface area contributed by atoms with Gasteiger partial charge < -0.3 is 10.1 Å². The van der Waals surface area contributed by atoms with Crippen molar-refractivity contribution in [3.63, 3.8) is 0 Å². The van der Waals surface area contributed by atoms with Crippen LogP contribution in [0.15, 0.2) is 24.3 Å². The fourth-order valence-electron chi connectivity index (χ4n) is 3.11. The molecule has 4 nitrogen and oxygen atoms in total. The summed E-state index contributed by atoms with van der Waals surface area (Å²) in [5.41, 5.74) is 2.04. The van der Waals surface area contributed by atoms with Crippen LogP contribution in [-0.2, 0) is 20.7 Å². The second-order valence-corrected chi connectivity index (χ2v) is 7.50. The molecule has 0 unspecified atom stereocenters. The van der Waals surface area contributed by atoms with Gasteiger partial charge in [0.2, 0.25) is 5.91 Å². The van der Waals surface area contributed by atoms with Gasteiger partial charge in [0.25, 0.3) is 0 Å². The Kier molecular flexibility index (Phi) is 14.0. The van der Waals surface area contributed by atoms with Gasteiger partial charge >= 0.3 is 5.97 Å². The average Bonchev–Trinajstić information content (AvgIpc) is 2.70. The number of hydrogen-bond donors (Lipinski definition) is 1. The van der Waals surface area contributed by atoms with Crippen molar-refractivity contribution < 1.29 is 14.3 Å². The van der Waals surface area contributed by atoms with Gasteiger partial charge in [-0.25, -0.2) is 0 Å². The number of benzene rings is 1. The van der Waals surface area contributed by atoms with E-state index in [2.05, 4.69) is 19.2 Å². The van der Waals surface area contributed by atoms with E-state index in [9.17, 15) is 9.59 Å². The first-order valence-corrected chi connectivity index (χ1v) is 11.2. The Morgan fingerprint density at radius 2 is 1.39 bits per heavy atom. The average molecular weight is 390 g/mol. The zero-order chi connectivity index (χ0) is 20.5. The van der Waals surface area contributed by atoms with Crippen molar-refractivity contribution in [2.45, 2.75) is 97.3 Å². The summed E-state index contributed by atoms with van der Waals surface area (Å²) in [4.78, 5) is 23.7. The van der Waals surface area contributed by atoms with Crippen LogP contribution in [0.4, 0.5) is 5.69 Å². The highest BCUT2D eigenvalue weighted by Gasteiger charge is 2.07. The van der Waals surface area contributed by atoms with Crippen LogP contribution in [0.25, 0.3) is 0 Å². The molecule has 0 aliphatic rings. The van der Waals surface area contributed by atoms with Crippen molar-refractivity contribution in [3.05, 3.63) is 29.8 Å². The topological polar surface area (TPSA) is 55.4 Å². The van der Waals surface area contributed by atoms with E-state index in [-0.39, 0.29) is 11.9 Å².